The molecule has 0 spiro atoms. The molecular weight excluding hydrogens is 368 g/mol. The molecule has 1 atom stereocenters. The Balaban J connectivity index is 1.51. The van der Waals surface area contributed by atoms with E-state index in [1.807, 2.05) is 12.1 Å². The largest absolute Gasteiger partial charge is 0.375 e. The van der Waals surface area contributed by atoms with Gasteiger partial charge in [0.05, 0.1) is 19.3 Å². The van der Waals surface area contributed by atoms with Crippen molar-refractivity contribution in [3.8, 4) is 0 Å². The Morgan fingerprint density at radius 1 is 1.28 bits per heavy atom. The quantitative estimate of drug-likeness (QED) is 0.561. The number of nitrogens with one attached hydrogen (secondary N) is 2. The van der Waals surface area contributed by atoms with E-state index in [0.29, 0.717) is 37.3 Å². The lowest BCUT2D eigenvalue weighted by Gasteiger charge is -2.31. The van der Waals surface area contributed by atoms with Gasteiger partial charge in [-0.05, 0) is 55.8 Å². The maximum absolute atomic E-state index is 12.9. The summed E-state index contributed by atoms with van der Waals surface area (Å²) in [4.78, 5) is 12.9. The number of nitrogens with zero attached hydrogens (tertiary/aromatic N) is 1. The molecule has 1 saturated heterocycles. The van der Waals surface area contributed by atoms with Crippen LogP contribution in [0.15, 0.2) is 34.9 Å². The molecule has 1 aromatic carbocycles. The summed E-state index contributed by atoms with van der Waals surface area (Å²) >= 11 is 0. The number of carbonyl (C=O) groups excluding carboxylic acids is 1. The second-order valence-corrected chi connectivity index (χ2v) is 8.01. The van der Waals surface area contributed by atoms with Crippen LogP contribution in [-0.2, 0) is 11.3 Å². The highest BCUT2D eigenvalue weighted by atomic mass is 16.5. The van der Waals surface area contributed by atoms with E-state index in [1.165, 1.54) is 0 Å². The summed E-state index contributed by atoms with van der Waals surface area (Å²) in [6, 6.07) is 10.0. The number of hydrogen-bond acceptors (Lipinski definition) is 6. The molecule has 0 radical (unpaired) electrons. The highest BCUT2D eigenvalue weighted by molar-refractivity contribution is 5.92. The average molecular weight is 399 g/mol. The lowest BCUT2D eigenvalue weighted by Crippen LogP contribution is -2.39. The SMILES string of the molecule is NCCOCc1cccc(C(NC(=O)c2cc(C3CC3)on2)C2CCNCC2)c1. The van der Waals surface area contributed by atoms with E-state index < -0.39 is 0 Å². The number of hydrogen-bond donors (Lipinski definition) is 3. The molecule has 2 aromatic rings. The maximum Gasteiger partial charge on any atom is 0.273 e. The first kappa shape index (κ1) is 20.1. The van der Waals surface area contributed by atoms with Crippen molar-refractivity contribution in [2.24, 2.45) is 11.7 Å². The minimum absolute atomic E-state index is 0.0693. The second-order valence-electron chi connectivity index (χ2n) is 8.01. The smallest absolute Gasteiger partial charge is 0.273 e. The summed E-state index contributed by atoms with van der Waals surface area (Å²) in [5, 5.41) is 10.6. The average Bonchev–Trinajstić information content (AvgIpc) is 3.49. The Bertz CT molecular complexity index is 812. The Morgan fingerprint density at radius 3 is 2.86 bits per heavy atom. The third-order valence-electron chi connectivity index (χ3n) is 5.72. The molecule has 2 aliphatic rings. The van der Waals surface area contributed by atoms with Gasteiger partial charge in [-0.1, -0.05) is 29.4 Å². The summed E-state index contributed by atoms with van der Waals surface area (Å²) in [5.41, 5.74) is 8.07. The van der Waals surface area contributed by atoms with E-state index in [2.05, 4.69) is 27.9 Å². The Kier molecular flexibility index (Phi) is 6.59. The molecule has 4 rings (SSSR count). The van der Waals surface area contributed by atoms with Crippen molar-refractivity contribution in [3.05, 3.63) is 52.9 Å². The fraction of sp³-hybridized carbons (Fsp3) is 0.545. The van der Waals surface area contributed by atoms with Gasteiger partial charge in [0.15, 0.2) is 5.69 Å². The van der Waals surface area contributed by atoms with Crippen LogP contribution in [0.2, 0.25) is 0 Å². The number of nitrogens with two attached hydrogens (primary N) is 1. The van der Waals surface area contributed by atoms with Gasteiger partial charge in [-0.25, -0.2) is 0 Å². The zero-order valence-electron chi connectivity index (χ0n) is 16.7. The minimum atomic E-state index is -0.172. The number of piperidine rings is 1. The van der Waals surface area contributed by atoms with Crippen molar-refractivity contribution in [2.45, 2.75) is 44.2 Å². The van der Waals surface area contributed by atoms with Crippen LogP contribution >= 0.6 is 0 Å². The van der Waals surface area contributed by atoms with Crippen molar-refractivity contribution < 1.29 is 14.1 Å². The molecule has 7 nitrogen and oxygen atoms in total. The van der Waals surface area contributed by atoms with Gasteiger partial charge in [-0.2, -0.15) is 0 Å². The first-order valence-electron chi connectivity index (χ1n) is 10.6. The number of aromatic nitrogens is 1. The van der Waals surface area contributed by atoms with Gasteiger partial charge >= 0.3 is 0 Å². The standard InChI is InChI=1S/C22H30N4O3/c23-8-11-28-14-15-2-1-3-18(12-15)21(17-6-9-24-10-7-17)25-22(27)19-13-20(29-26-19)16-4-5-16/h1-3,12-13,16-17,21,24H,4-11,14,23H2,(H,25,27). The van der Waals surface area contributed by atoms with Crippen molar-refractivity contribution in [3.63, 3.8) is 0 Å². The van der Waals surface area contributed by atoms with Gasteiger partial charge in [0.1, 0.15) is 5.76 Å². The van der Waals surface area contributed by atoms with Crippen LogP contribution in [0.5, 0.6) is 0 Å². The van der Waals surface area contributed by atoms with Crippen LogP contribution in [-0.4, -0.2) is 37.3 Å². The Morgan fingerprint density at radius 2 is 2.10 bits per heavy atom. The van der Waals surface area contributed by atoms with E-state index in [9.17, 15) is 4.79 Å². The maximum atomic E-state index is 12.9. The zero-order valence-corrected chi connectivity index (χ0v) is 16.7. The summed E-state index contributed by atoms with van der Waals surface area (Å²) in [6.07, 6.45) is 4.27. The first-order valence-corrected chi connectivity index (χ1v) is 10.6. The normalized spacial score (nSPS) is 18.5. The van der Waals surface area contributed by atoms with Gasteiger partial charge in [0, 0.05) is 18.5 Å². The van der Waals surface area contributed by atoms with Crippen molar-refractivity contribution >= 4 is 5.91 Å². The number of amides is 1. The van der Waals surface area contributed by atoms with Crippen LogP contribution in [0.25, 0.3) is 0 Å². The Labute approximate surface area is 171 Å². The summed E-state index contributed by atoms with van der Waals surface area (Å²) in [5.74, 6) is 1.46. The molecule has 1 aromatic heterocycles. The van der Waals surface area contributed by atoms with E-state index >= 15 is 0 Å². The highest BCUT2D eigenvalue weighted by Gasteiger charge is 2.31. The number of carbonyl (C=O) groups is 1. The predicted octanol–water partition coefficient (Wildman–Crippen LogP) is 2.50. The van der Waals surface area contributed by atoms with Crippen LogP contribution in [0.1, 0.15) is 65.0 Å². The van der Waals surface area contributed by atoms with Crippen molar-refractivity contribution in [1.29, 1.82) is 0 Å². The molecule has 0 bridgehead atoms. The molecule has 2 heterocycles. The van der Waals surface area contributed by atoms with Gasteiger partial charge in [0.25, 0.3) is 5.91 Å². The van der Waals surface area contributed by atoms with Crippen LogP contribution in [0.4, 0.5) is 0 Å². The van der Waals surface area contributed by atoms with Crippen molar-refractivity contribution in [2.75, 3.05) is 26.2 Å². The van der Waals surface area contributed by atoms with Gasteiger partial charge < -0.3 is 25.6 Å². The molecule has 156 valence electrons. The van der Waals surface area contributed by atoms with Crippen LogP contribution in [0, 0.1) is 5.92 Å². The van der Waals surface area contributed by atoms with Crippen molar-refractivity contribution in [1.82, 2.24) is 15.8 Å². The molecule has 4 N–H and O–H groups in total. The fourth-order valence-corrected chi connectivity index (χ4v) is 3.97. The number of rotatable bonds is 9. The van der Waals surface area contributed by atoms with Gasteiger partial charge in [-0.15, -0.1) is 0 Å². The fourth-order valence-electron chi connectivity index (χ4n) is 3.97. The highest BCUT2D eigenvalue weighted by Crippen LogP contribution is 2.40. The molecule has 1 unspecified atom stereocenters. The molecule has 7 heteroatoms. The van der Waals surface area contributed by atoms with Crippen LogP contribution < -0.4 is 16.4 Å². The third kappa shape index (κ3) is 5.23. The first-order chi connectivity index (χ1) is 14.2. The van der Waals surface area contributed by atoms with Gasteiger partial charge in [-0.3, -0.25) is 4.79 Å². The molecule has 29 heavy (non-hydrogen) atoms. The van der Waals surface area contributed by atoms with E-state index in [-0.39, 0.29) is 11.9 Å². The summed E-state index contributed by atoms with van der Waals surface area (Å²) in [7, 11) is 0. The molecule has 2 fully saturated rings. The third-order valence-corrected chi connectivity index (χ3v) is 5.72. The van der Waals surface area contributed by atoms with Crippen LogP contribution in [0.3, 0.4) is 0 Å². The molecule has 1 amide bonds. The lowest BCUT2D eigenvalue weighted by atomic mass is 9.85. The summed E-state index contributed by atoms with van der Waals surface area (Å²) < 4.78 is 11.0. The molecule has 1 aliphatic heterocycles. The predicted molar refractivity (Wildman–Crippen MR) is 109 cm³/mol. The monoisotopic (exact) mass is 398 g/mol. The minimum Gasteiger partial charge on any atom is -0.375 e. The Hall–Kier alpha value is -2.22. The van der Waals surface area contributed by atoms with E-state index in [1.54, 1.807) is 6.07 Å². The number of benzene rings is 1. The zero-order chi connectivity index (χ0) is 20.1. The molecule has 1 aliphatic carbocycles. The lowest BCUT2D eigenvalue weighted by molar-refractivity contribution is 0.0904. The second kappa shape index (κ2) is 9.52. The topological polar surface area (TPSA) is 102 Å². The molecule has 1 saturated carbocycles. The number of ether oxygens (including phenoxy) is 1. The van der Waals surface area contributed by atoms with E-state index in [4.69, 9.17) is 15.0 Å². The van der Waals surface area contributed by atoms with E-state index in [0.717, 1.165) is 55.7 Å². The van der Waals surface area contributed by atoms with Gasteiger partial charge in [0.2, 0.25) is 0 Å². The molecular formula is C22H30N4O3. The summed E-state index contributed by atoms with van der Waals surface area (Å²) in [6.45, 7) is 3.49.